The van der Waals surface area contributed by atoms with Gasteiger partial charge in [0.25, 0.3) is 10.1 Å². The van der Waals surface area contributed by atoms with Gasteiger partial charge in [-0.15, -0.1) is 0 Å². The number of aliphatic hydroxyl groups is 1. The molecule has 11 nitrogen and oxygen atoms in total. The first-order chi connectivity index (χ1) is 15.4. The van der Waals surface area contributed by atoms with Gasteiger partial charge in [0.2, 0.25) is 17.3 Å². The Morgan fingerprint density at radius 3 is 2.48 bits per heavy atom. The van der Waals surface area contributed by atoms with Crippen molar-refractivity contribution in [1.82, 2.24) is 16.0 Å². The van der Waals surface area contributed by atoms with Crippen LogP contribution in [0.5, 0.6) is 0 Å². The van der Waals surface area contributed by atoms with Crippen LogP contribution >= 0.6 is 0 Å². The molecular weight excluding hydrogens is 454 g/mol. The molecule has 0 aromatic heterocycles. The fourth-order valence-electron chi connectivity index (χ4n) is 4.22. The summed E-state index contributed by atoms with van der Waals surface area (Å²) in [5.41, 5.74) is -2.31. The molecule has 6 atom stereocenters. The van der Waals surface area contributed by atoms with Crippen molar-refractivity contribution in [2.45, 2.75) is 76.8 Å². The van der Waals surface area contributed by atoms with Crippen molar-refractivity contribution < 1.29 is 37.2 Å². The lowest BCUT2D eigenvalue weighted by atomic mass is 9.97. The normalized spacial score (nSPS) is 25.2. The molecule has 2 fully saturated rings. The summed E-state index contributed by atoms with van der Waals surface area (Å²) >= 11 is 0. The van der Waals surface area contributed by atoms with E-state index in [1.807, 2.05) is 13.8 Å². The van der Waals surface area contributed by atoms with Gasteiger partial charge in [-0.05, 0) is 43.4 Å². The molecule has 1 aliphatic heterocycles. The zero-order valence-corrected chi connectivity index (χ0v) is 20.3. The SMILES string of the molecule is CCC[C@H]1C[C@H]1COC(=O)N[C@@H](CC(C)C)C(=O)N[C@@H](C[C@@H]1CCNC1=O)[C@H](O)S(=O)(=O)O. The topological polar surface area (TPSA) is 171 Å². The van der Waals surface area contributed by atoms with Gasteiger partial charge in [-0.1, -0.05) is 33.6 Å². The van der Waals surface area contributed by atoms with Crippen LogP contribution in [0.3, 0.4) is 0 Å². The first-order valence-electron chi connectivity index (χ1n) is 11.6. The average molecular weight is 492 g/mol. The third-order valence-electron chi connectivity index (χ3n) is 6.15. The fourth-order valence-corrected chi connectivity index (χ4v) is 4.82. The lowest BCUT2D eigenvalue weighted by Gasteiger charge is -2.27. The molecule has 12 heteroatoms. The van der Waals surface area contributed by atoms with Crippen LogP contribution in [0.1, 0.15) is 59.3 Å². The first kappa shape index (κ1) is 27.3. The number of amides is 3. The Labute approximate surface area is 195 Å². The minimum atomic E-state index is -4.90. The maximum absolute atomic E-state index is 12.9. The maximum atomic E-state index is 12.9. The largest absolute Gasteiger partial charge is 0.449 e. The van der Waals surface area contributed by atoms with Crippen LogP contribution in [0, 0.1) is 23.7 Å². The highest BCUT2D eigenvalue weighted by molar-refractivity contribution is 7.86. The van der Waals surface area contributed by atoms with Crippen LogP contribution in [0.15, 0.2) is 0 Å². The maximum Gasteiger partial charge on any atom is 0.407 e. The number of alkyl carbamates (subject to hydrolysis) is 1. The molecule has 1 heterocycles. The molecule has 0 unspecified atom stereocenters. The quantitative estimate of drug-likeness (QED) is 0.235. The van der Waals surface area contributed by atoms with E-state index in [2.05, 4.69) is 22.9 Å². The average Bonchev–Trinajstić information content (AvgIpc) is 3.34. The lowest BCUT2D eigenvalue weighted by molar-refractivity contribution is -0.126. The van der Waals surface area contributed by atoms with E-state index in [4.69, 9.17) is 4.74 Å². The van der Waals surface area contributed by atoms with Gasteiger partial charge in [0.15, 0.2) is 0 Å². The van der Waals surface area contributed by atoms with Crippen molar-refractivity contribution in [1.29, 1.82) is 0 Å². The monoisotopic (exact) mass is 491 g/mol. The minimum Gasteiger partial charge on any atom is -0.449 e. The third kappa shape index (κ3) is 8.74. The number of ether oxygens (including phenoxy) is 1. The second kappa shape index (κ2) is 12.0. The van der Waals surface area contributed by atoms with E-state index in [0.717, 1.165) is 19.3 Å². The molecule has 0 spiro atoms. The highest BCUT2D eigenvalue weighted by Crippen LogP contribution is 2.42. The molecular formula is C21H37N3O8S. The van der Waals surface area contributed by atoms with Gasteiger partial charge < -0.3 is 25.8 Å². The molecule has 0 bridgehead atoms. The van der Waals surface area contributed by atoms with E-state index in [-0.39, 0.29) is 31.3 Å². The zero-order chi connectivity index (χ0) is 24.8. The van der Waals surface area contributed by atoms with Crippen LogP contribution in [-0.2, 0) is 24.4 Å². The number of nitrogens with one attached hydrogen (secondary N) is 3. The summed E-state index contributed by atoms with van der Waals surface area (Å²) in [4.78, 5) is 37.1. The first-order valence-corrected chi connectivity index (χ1v) is 13.1. The molecule has 0 radical (unpaired) electrons. The van der Waals surface area contributed by atoms with E-state index in [9.17, 15) is 32.5 Å². The van der Waals surface area contributed by atoms with Crippen LogP contribution in [0.4, 0.5) is 4.79 Å². The Balaban J connectivity index is 2.01. The summed E-state index contributed by atoms with van der Waals surface area (Å²) in [6.07, 6.45) is 2.89. The van der Waals surface area contributed by atoms with Gasteiger partial charge >= 0.3 is 6.09 Å². The number of hydrogen-bond acceptors (Lipinski definition) is 7. The molecule has 2 aliphatic rings. The second-order valence-electron chi connectivity index (χ2n) is 9.50. The predicted octanol–water partition coefficient (Wildman–Crippen LogP) is 0.781. The summed E-state index contributed by atoms with van der Waals surface area (Å²) < 4.78 is 37.6. The number of aliphatic hydroxyl groups excluding tert-OH is 1. The standard InChI is InChI=1S/C21H37N3O8S/c1-4-5-13-9-15(13)11-32-21(28)24-16(8-12(2)3)19(26)23-17(20(27)33(29,30)31)10-14-6-7-22-18(14)25/h12-17,20,27H,4-11H2,1-3H3,(H,22,25)(H,23,26)(H,24,28)(H,29,30,31)/t13-,14-,15-,16-,17-,20+/m0/s1. The van der Waals surface area contributed by atoms with Crippen molar-refractivity contribution in [3.05, 3.63) is 0 Å². The summed E-state index contributed by atoms with van der Waals surface area (Å²) in [5.74, 6) is -0.777. The Hall–Kier alpha value is -1.92. The van der Waals surface area contributed by atoms with Crippen LogP contribution < -0.4 is 16.0 Å². The number of carbonyl (C=O) groups is 3. The number of carbonyl (C=O) groups excluding carboxylic acids is 3. The van der Waals surface area contributed by atoms with E-state index in [1.54, 1.807) is 0 Å². The van der Waals surface area contributed by atoms with E-state index in [0.29, 0.717) is 24.8 Å². The highest BCUT2D eigenvalue weighted by Gasteiger charge is 2.39. The smallest absolute Gasteiger partial charge is 0.407 e. The molecule has 190 valence electrons. The minimum absolute atomic E-state index is 0.00368. The van der Waals surface area contributed by atoms with Crippen molar-refractivity contribution >= 4 is 28.0 Å². The summed E-state index contributed by atoms with van der Waals surface area (Å²) in [6.45, 7) is 6.47. The Kier molecular flexibility index (Phi) is 9.92. The molecule has 1 saturated carbocycles. The fraction of sp³-hybridized carbons (Fsp3) is 0.857. The van der Waals surface area contributed by atoms with E-state index < -0.39 is 45.6 Å². The second-order valence-corrected chi connectivity index (χ2v) is 11.0. The predicted molar refractivity (Wildman–Crippen MR) is 119 cm³/mol. The lowest BCUT2D eigenvalue weighted by Crippen LogP contribution is -2.55. The molecule has 1 saturated heterocycles. The summed E-state index contributed by atoms with van der Waals surface area (Å²) in [5, 5.41) is 17.6. The molecule has 0 aromatic carbocycles. The van der Waals surface area contributed by atoms with Crippen molar-refractivity contribution in [3.63, 3.8) is 0 Å². The molecule has 1 aliphatic carbocycles. The van der Waals surface area contributed by atoms with Gasteiger partial charge in [0, 0.05) is 12.5 Å². The van der Waals surface area contributed by atoms with Crippen molar-refractivity contribution in [2.24, 2.45) is 23.7 Å². The molecule has 33 heavy (non-hydrogen) atoms. The zero-order valence-electron chi connectivity index (χ0n) is 19.5. The summed E-state index contributed by atoms with van der Waals surface area (Å²) in [6, 6.07) is -2.48. The van der Waals surface area contributed by atoms with Crippen LogP contribution in [0.2, 0.25) is 0 Å². The van der Waals surface area contributed by atoms with Gasteiger partial charge in [-0.3, -0.25) is 14.1 Å². The van der Waals surface area contributed by atoms with Gasteiger partial charge in [0.05, 0.1) is 12.6 Å². The van der Waals surface area contributed by atoms with Gasteiger partial charge in [-0.2, -0.15) is 8.42 Å². The van der Waals surface area contributed by atoms with Crippen molar-refractivity contribution in [2.75, 3.05) is 13.2 Å². The van der Waals surface area contributed by atoms with Crippen LogP contribution in [0.25, 0.3) is 0 Å². The summed E-state index contributed by atoms with van der Waals surface area (Å²) in [7, 11) is -4.90. The Bertz CT molecular complexity index is 803. The van der Waals surface area contributed by atoms with E-state index >= 15 is 0 Å². The number of rotatable bonds is 13. The van der Waals surface area contributed by atoms with E-state index in [1.165, 1.54) is 0 Å². The van der Waals surface area contributed by atoms with Gasteiger partial charge in [0.1, 0.15) is 6.04 Å². The van der Waals surface area contributed by atoms with Crippen molar-refractivity contribution in [3.8, 4) is 0 Å². The molecule has 2 rings (SSSR count). The molecule has 0 aromatic rings. The molecule has 3 amide bonds. The number of hydrogen-bond donors (Lipinski definition) is 5. The highest BCUT2D eigenvalue weighted by atomic mass is 32.2. The van der Waals surface area contributed by atoms with Gasteiger partial charge in [-0.25, -0.2) is 4.79 Å². The Morgan fingerprint density at radius 1 is 1.24 bits per heavy atom. The molecule has 5 N–H and O–H groups in total. The van der Waals surface area contributed by atoms with Crippen LogP contribution in [-0.4, -0.2) is 66.7 Å². The third-order valence-corrected chi connectivity index (χ3v) is 7.09. The Morgan fingerprint density at radius 2 is 1.94 bits per heavy atom.